The molecule has 0 saturated carbocycles. The number of nitrogens with two attached hydrogens (primary N) is 2. The Bertz CT molecular complexity index is 1040. The third-order valence-corrected chi connectivity index (χ3v) is 5.64. The first-order valence-electron chi connectivity index (χ1n) is 9.12. The maximum atomic E-state index is 6.00. The first kappa shape index (κ1) is 17.8. The van der Waals surface area contributed by atoms with Gasteiger partial charge in [0.2, 0.25) is 0 Å². The van der Waals surface area contributed by atoms with E-state index in [0.29, 0.717) is 0 Å². The lowest BCUT2D eigenvalue weighted by Gasteiger charge is -2.34. The Morgan fingerprint density at radius 1 is 0.464 bits per heavy atom. The summed E-state index contributed by atoms with van der Waals surface area (Å²) in [5, 5.41) is 0. The van der Waals surface area contributed by atoms with E-state index in [2.05, 4.69) is 72.8 Å². The van der Waals surface area contributed by atoms with Crippen LogP contribution in [0.4, 0.5) is 11.4 Å². The molecule has 0 aromatic heterocycles. The second kappa shape index (κ2) is 6.55. The SMILES string of the molecule is N.Nc1ccc(C2(c3ccc(N)cc3)c3ccccc3-c3ccccc32)cc1. The first-order valence-corrected chi connectivity index (χ1v) is 9.12. The summed E-state index contributed by atoms with van der Waals surface area (Å²) >= 11 is 0. The normalized spacial score (nSPS) is 13.3. The Kier molecular flexibility index (Phi) is 4.17. The van der Waals surface area contributed by atoms with Gasteiger partial charge >= 0.3 is 0 Å². The summed E-state index contributed by atoms with van der Waals surface area (Å²) in [4.78, 5) is 0. The number of hydrogen-bond donors (Lipinski definition) is 3. The quantitative estimate of drug-likeness (QED) is 0.367. The predicted molar refractivity (Wildman–Crippen MR) is 118 cm³/mol. The van der Waals surface area contributed by atoms with E-state index in [1.165, 1.54) is 33.4 Å². The van der Waals surface area contributed by atoms with Gasteiger partial charge in [0, 0.05) is 11.4 Å². The lowest BCUT2D eigenvalue weighted by Crippen LogP contribution is -2.28. The molecule has 0 unspecified atom stereocenters. The number of fused-ring (bicyclic) bond motifs is 3. The molecule has 1 aliphatic carbocycles. The van der Waals surface area contributed by atoms with E-state index < -0.39 is 0 Å². The van der Waals surface area contributed by atoms with Crippen molar-refractivity contribution < 1.29 is 0 Å². The Balaban J connectivity index is 0.00000192. The molecule has 0 saturated heterocycles. The zero-order chi connectivity index (χ0) is 18.4. The first-order chi connectivity index (χ1) is 13.2. The van der Waals surface area contributed by atoms with Crippen LogP contribution in [0.2, 0.25) is 0 Å². The summed E-state index contributed by atoms with van der Waals surface area (Å²) < 4.78 is 0. The number of nitrogen functional groups attached to an aromatic ring is 2. The maximum Gasteiger partial charge on any atom is 0.0713 e. The van der Waals surface area contributed by atoms with Gasteiger partial charge in [-0.25, -0.2) is 0 Å². The van der Waals surface area contributed by atoms with Crippen molar-refractivity contribution in [2.75, 3.05) is 11.5 Å². The number of hydrogen-bond acceptors (Lipinski definition) is 3. The zero-order valence-electron chi connectivity index (χ0n) is 15.6. The van der Waals surface area contributed by atoms with Crippen LogP contribution in [0.3, 0.4) is 0 Å². The average molecular weight is 365 g/mol. The molecule has 0 aliphatic heterocycles. The van der Waals surface area contributed by atoms with Crippen molar-refractivity contribution in [2.24, 2.45) is 0 Å². The largest absolute Gasteiger partial charge is 0.399 e. The zero-order valence-corrected chi connectivity index (χ0v) is 15.6. The van der Waals surface area contributed by atoms with E-state index in [9.17, 15) is 0 Å². The molecule has 0 radical (unpaired) electrons. The molecule has 0 amide bonds. The summed E-state index contributed by atoms with van der Waals surface area (Å²) in [7, 11) is 0. The molecular formula is C25H23N3. The molecule has 0 atom stereocenters. The van der Waals surface area contributed by atoms with Crippen molar-refractivity contribution >= 4 is 11.4 Å². The molecule has 3 heteroatoms. The van der Waals surface area contributed by atoms with Gasteiger partial charge < -0.3 is 17.6 Å². The van der Waals surface area contributed by atoms with Gasteiger partial charge in [0.15, 0.2) is 0 Å². The van der Waals surface area contributed by atoms with Crippen LogP contribution in [-0.4, -0.2) is 0 Å². The molecule has 0 heterocycles. The minimum absolute atomic E-state index is 0. The second-order valence-corrected chi connectivity index (χ2v) is 7.09. The summed E-state index contributed by atoms with van der Waals surface area (Å²) in [6.45, 7) is 0. The van der Waals surface area contributed by atoms with Crippen LogP contribution >= 0.6 is 0 Å². The lowest BCUT2D eigenvalue weighted by molar-refractivity contribution is 0.769. The number of benzene rings is 4. The maximum absolute atomic E-state index is 6.00. The van der Waals surface area contributed by atoms with Crippen molar-refractivity contribution in [1.82, 2.24) is 6.15 Å². The minimum Gasteiger partial charge on any atom is -0.399 e. The van der Waals surface area contributed by atoms with Gasteiger partial charge in [-0.3, -0.25) is 0 Å². The molecule has 4 aromatic rings. The van der Waals surface area contributed by atoms with Gasteiger partial charge in [0.25, 0.3) is 0 Å². The van der Waals surface area contributed by atoms with Gasteiger partial charge in [-0.15, -0.1) is 0 Å². The molecule has 5 rings (SSSR count). The monoisotopic (exact) mass is 365 g/mol. The fourth-order valence-electron chi connectivity index (χ4n) is 4.49. The summed E-state index contributed by atoms with van der Waals surface area (Å²) in [5.41, 5.74) is 20.7. The van der Waals surface area contributed by atoms with Gasteiger partial charge in [0.1, 0.15) is 0 Å². The van der Waals surface area contributed by atoms with Crippen molar-refractivity contribution in [1.29, 1.82) is 0 Å². The Labute approximate surface area is 165 Å². The third-order valence-electron chi connectivity index (χ3n) is 5.64. The fourth-order valence-corrected chi connectivity index (χ4v) is 4.49. The smallest absolute Gasteiger partial charge is 0.0713 e. The van der Waals surface area contributed by atoms with Gasteiger partial charge in [-0.2, -0.15) is 0 Å². The van der Waals surface area contributed by atoms with Crippen molar-refractivity contribution in [3.8, 4) is 11.1 Å². The van der Waals surface area contributed by atoms with Crippen LogP contribution in [0, 0.1) is 0 Å². The van der Waals surface area contributed by atoms with Crippen LogP contribution in [0.5, 0.6) is 0 Å². The lowest BCUT2D eigenvalue weighted by atomic mass is 9.67. The van der Waals surface area contributed by atoms with Crippen LogP contribution in [0.15, 0.2) is 97.1 Å². The van der Waals surface area contributed by atoms with Gasteiger partial charge in [0.05, 0.1) is 5.41 Å². The molecule has 0 fully saturated rings. The minimum atomic E-state index is -0.380. The fraction of sp³-hybridized carbons (Fsp3) is 0.0400. The second-order valence-electron chi connectivity index (χ2n) is 7.09. The van der Waals surface area contributed by atoms with E-state index in [1.807, 2.05) is 24.3 Å². The Morgan fingerprint density at radius 3 is 1.21 bits per heavy atom. The van der Waals surface area contributed by atoms with Crippen LogP contribution in [0.1, 0.15) is 22.3 Å². The molecule has 0 bridgehead atoms. The van der Waals surface area contributed by atoms with Gasteiger partial charge in [-0.1, -0.05) is 72.8 Å². The molecule has 4 aromatic carbocycles. The highest BCUT2D eigenvalue weighted by Gasteiger charge is 2.45. The van der Waals surface area contributed by atoms with Crippen molar-refractivity contribution in [2.45, 2.75) is 5.41 Å². The number of anilines is 2. The highest BCUT2D eigenvalue weighted by Crippen LogP contribution is 2.55. The number of rotatable bonds is 2. The topological polar surface area (TPSA) is 87.0 Å². The van der Waals surface area contributed by atoms with E-state index in [4.69, 9.17) is 11.5 Å². The Hall–Kier alpha value is -3.56. The summed E-state index contributed by atoms with van der Waals surface area (Å²) in [5.74, 6) is 0. The summed E-state index contributed by atoms with van der Waals surface area (Å²) in [6.07, 6.45) is 0. The van der Waals surface area contributed by atoms with Gasteiger partial charge in [-0.05, 0) is 57.6 Å². The van der Waals surface area contributed by atoms with Crippen LogP contribution in [0.25, 0.3) is 11.1 Å². The third kappa shape index (κ3) is 2.34. The molecule has 0 spiro atoms. The molecule has 1 aliphatic rings. The standard InChI is InChI=1S/C25H20N2.H3N/c26-19-13-9-17(10-14-19)25(18-11-15-20(27)16-12-18)23-7-3-1-5-21(23)22-6-2-4-8-24(22)25;/h1-16H,26-27H2;1H3. The van der Waals surface area contributed by atoms with E-state index >= 15 is 0 Å². The summed E-state index contributed by atoms with van der Waals surface area (Å²) in [6, 6.07) is 33.9. The van der Waals surface area contributed by atoms with Crippen LogP contribution < -0.4 is 17.6 Å². The molecule has 138 valence electrons. The highest BCUT2D eigenvalue weighted by molar-refractivity contribution is 5.86. The van der Waals surface area contributed by atoms with E-state index in [-0.39, 0.29) is 11.6 Å². The highest BCUT2D eigenvalue weighted by atomic mass is 14.6. The predicted octanol–water partition coefficient (Wildman–Crippen LogP) is 5.38. The van der Waals surface area contributed by atoms with E-state index in [0.717, 1.165) is 11.4 Å². The van der Waals surface area contributed by atoms with E-state index in [1.54, 1.807) is 0 Å². The van der Waals surface area contributed by atoms with Crippen molar-refractivity contribution in [3.63, 3.8) is 0 Å². The van der Waals surface area contributed by atoms with Crippen molar-refractivity contribution in [3.05, 3.63) is 119 Å². The average Bonchev–Trinajstić information content (AvgIpc) is 3.01. The molecule has 7 N–H and O–H groups in total. The molecule has 28 heavy (non-hydrogen) atoms. The van der Waals surface area contributed by atoms with Crippen LogP contribution in [-0.2, 0) is 5.41 Å². The Morgan fingerprint density at radius 2 is 0.821 bits per heavy atom. The molecule has 3 nitrogen and oxygen atoms in total. The molecular weight excluding hydrogens is 342 g/mol.